The van der Waals surface area contributed by atoms with Crippen LogP contribution in [0.4, 0.5) is 0 Å². The average molecular weight is 195 g/mol. The van der Waals surface area contributed by atoms with Crippen LogP contribution in [0.3, 0.4) is 0 Å². The molecule has 0 unspecified atom stereocenters. The van der Waals surface area contributed by atoms with E-state index in [1.807, 2.05) is 35.0 Å². The van der Waals surface area contributed by atoms with Crippen molar-refractivity contribution in [3.63, 3.8) is 0 Å². The van der Waals surface area contributed by atoms with Crippen LogP contribution in [0.2, 0.25) is 0 Å². The summed E-state index contributed by atoms with van der Waals surface area (Å²) in [6.45, 7) is 0. The van der Waals surface area contributed by atoms with Crippen molar-refractivity contribution in [1.82, 2.24) is 14.4 Å². The van der Waals surface area contributed by atoms with Gasteiger partial charge in [-0.3, -0.25) is 9.38 Å². The van der Waals surface area contributed by atoms with Crippen LogP contribution in [-0.4, -0.2) is 14.4 Å². The van der Waals surface area contributed by atoms with Gasteiger partial charge in [0.1, 0.15) is 5.82 Å². The topological polar surface area (TPSA) is 30.2 Å². The van der Waals surface area contributed by atoms with Crippen LogP contribution in [0.1, 0.15) is 0 Å². The molecule has 2 aromatic heterocycles. The molecule has 0 N–H and O–H groups in total. The Labute approximate surface area is 87.0 Å². The van der Waals surface area contributed by atoms with Gasteiger partial charge in [-0.1, -0.05) is 30.3 Å². The van der Waals surface area contributed by atoms with Crippen molar-refractivity contribution >= 4 is 5.52 Å². The lowest BCUT2D eigenvalue weighted by molar-refractivity contribution is 1.12. The zero-order valence-corrected chi connectivity index (χ0v) is 8.04. The van der Waals surface area contributed by atoms with Crippen LogP contribution in [0.25, 0.3) is 16.9 Å². The highest BCUT2D eigenvalue weighted by Gasteiger charge is 2.04. The minimum Gasteiger partial charge on any atom is -0.297 e. The number of imidazole rings is 1. The first-order chi connectivity index (χ1) is 7.45. The van der Waals surface area contributed by atoms with E-state index in [-0.39, 0.29) is 0 Å². The molecule has 15 heavy (non-hydrogen) atoms. The highest BCUT2D eigenvalue weighted by molar-refractivity contribution is 5.61. The van der Waals surface area contributed by atoms with Gasteiger partial charge >= 0.3 is 0 Å². The van der Waals surface area contributed by atoms with Crippen molar-refractivity contribution in [1.29, 1.82) is 0 Å². The molecule has 0 radical (unpaired) electrons. The summed E-state index contributed by atoms with van der Waals surface area (Å²) in [7, 11) is 0. The fourth-order valence-corrected chi connectivity index (χ4v) is 1.65. The number of rotatable bonds is 1. The Morgan fingerprint density at radius 2 is 1.87 bits per heavy atom. The average Bonchev–Trinajstić information content (AvgIpc) is 2.74. The van der Waals surface area contributed by atoms with E-state index in [2.05, 4.69) is 22.1 Å². The third-order valence-electron chi connectivity index (χ3n) is 2.37. The van der Waals surface area contributed by atoms with E-state index in [0.717, 1.165) is 16.9 Å². The van der Waals surface area contributed by atoms with Crippen LogP contribution < -0.4 is 0 Å². The monoisotopic (exact) mass is 195 g/mol. The summed E-state index contributed by atoms with van der Waals surface area (Å²) in [6, 6.07) is 10.1. The molecule has 0 fully saturated rings. The first-order valence-corrected chi connectivity index (χ1v) is 4.77. The standard InChI is InChI=1S/C12H9N3/c1-2-4-10(5-3-1)12-14-9-11-8-13-6-7-15(11)12/h1-9H. The molecular formula is C12H9N3. The molecule has 0 bridgehead atoms. The lowest BCUT2D eigenvalue weighted by Gasteiger charge is -1.99. The van der Waals surface area contributed by atoms with Gasteiger partial charge < -0.3 is 0 Å². The van der Waals surface area contributed by atoms with E-state index < -0.39 is 0 Å². The molecule has 3 aromatic rings. The number of nitrogens with zero attached hydrogens (tertiary/aromatic N) is 3. The van der Waals surface area contributed by atoms with Gasteiger partial charge in [0, 0.05) is 18.0 Å². The summed E-state index contributed by atoms with van der Waals surface area (Å²) in [5.74, 6) is 0.952. The summed E-state index contributed by atoms with van der Waals surface area (Å²) < 4.78 is 2.03. The van der Waals surface area contributed by atoms with Gasteiger partial charge in [-0.15, -0.1) is 0 Å². The summed E-state index contributed by atoms with van der Waals surface area (Å²) in [4.78, 5) is 8.45. The lowest BCUT2D eigenvalue weighted by Crippen LogP contribution is -1.88. The Morgan fingerprint density at radius 3 is 2.73 bits per heavy atom. The van der Waals surface area contributed by atoms with Crippen LogP contribution >= 0.6 is 0 Å². The molecule has 0 saturated heterocycles. The highest BCUT2D eigenvalue weighted by Crippen LogP contribution is 2.18. The van der Waals surface area contributed by atoms with Crippen molar-refractivity contribution in [3.05, 3.63) is 55.1 Å². The van der Waals surface area contributed by atoms with Crippen LogP contribution in [0, 0.1) is 0 Å². The third kappa shape index (κ3) is 1.29. The van der Waals surface area contributed by atoms with E-state index in [4.69, 9.17) is 0 Å². The Morgan fingerprint density at radius 1 is 1.00 bits per heavy atom. The van der Waals surface area contributed by atoms with Gasteiger partial charge in [0.05, 0.1) is 17.9 Å². The Bertz CT molecular complexity index is 584. The number of benzene rings is 1. The normalized spacial score (nSPS) is 10.7. The number of hydrogen-bond donors (Lipinski definition) is 0. The molecule has 0 amide bonds. The summed E-state index contributed by atoms with van der Waals surface area (Å²) >= 11 is 0. The van der Waals surface area contributed by atoms with E-state index in [9.17, 15) is 0 Å². The van der Waals surface area contributed by atoms with Gasteiger partial charge in [-0.25, -0.2) is 4.98 Å². The Hall–Kier alpha value is -2.16. The van der Waals surface area contributed by atoms with E-state index in [0.29, 0.717) is 0 Å². The highest BCUT2D eigenvalue weighted by atomic mass is 15.0. The Kier molecular flexibility index (Phi) is 1.75. The molecule has 0 aliphatic carbocycles. The SMILES string of the molecule is c1ccc(-c2ncc3cnccn23)cc1. The summed E-state index contributed by atoms with van der Waals surface area (Å²) in [5, 5.41) is 0. The fraction of sp³-hybridized carbons (Fsp3) is 0. The largest absolute Gasteiger partial charge is 0.297 e. The number of aromatic nitrogens is 3. The first-order valence-electron chi connectivity index (χ1n) is 4.77. The van der Waals surface area contributed by atoms with Gasteiger partial charge in [0.2, 0.25) is 0 Å². The van der Waals surface area contributed by atoms with Gasteiger partial charge in [0.15, 0.2) is 0 Å². The van der Waals surface area contributed by atoms with Crippen LogP contribution in [0.5, 0.6) is 0 Å². The number of fused-ring (bicyclic) bond motifs is 1. The Balaban J connectivity index is 2.28. The van der Waals surface area contributed by atoms with E-state index >= 15 is 0 Å². The molecule has 0 atom stereocenters. The molecular weight excluding hydrogens is 186 g/mol. The molecule has 0 aliphatic heterocycles. The maximum atomic E-state index is 4.39. The van der Waals surface area contributed by atoms with Crippen LogP contribution in [0.15, 0.2) is 55.1 Å². The van der Waals surface area contributed by atoms with Crippen molar-refractivity contribution in [3.8, 4) is 11.4 Å². The summed E-state index contributed by atoms with van der Waals surface area (Å²) in [6.07, 6.45) is 7.32. The molecule has 3 heteroatoms. The maximum absolute atomic E-state index is 4.39. The van der Waals surface area contributed by atoms with Gasteiger partial charge in [-0.2, -0.15) is 0 Å². The molecule has 72 valence electrons. The second-order valence-corrected chi connectivity index (χ2v) is 3.32. The van der Waals surface area contributed by atoms with Crippen molar-refractivity contribution < 1.29 is 0 Å². The van der Waals surface area contributed by atoms with Crippen molar-refractivity contribution in [2.75, 3.05) is 0 Å². The minimum absolute atomic E-state index is 0.952. The van der Waals surface area contributed by atoms with E-state index in [1.165, 1.54) is 0 Å². The fourth-order valence-electron chi connectivity index (χ4n) is 1.65. The number of hydrogen-bond acceptors (Lipinski definition) is 2. The molecule has 0 aliphatic rings. The van der Waals surface area contributed by atoms with E-state index in [1.54, 1.807) is 12.4 Å². The van der Waals surface area contributed by atoms with Crippen molar-refractivity contribution in [2.45, 2.75) is 0 Å². The van der Waals surface area contributed by atoms with Crippen LogP contribution in [-0.2, 0) is 0 Å². The maximum Gasteiger partial charge on any atom is 0.144 e. The predicted molar refractivity (Wildman–Crippen MR) is 58.4 cm³/mol. The third-order valence-corrected chi connectivity index (χ3v) is 2.37. The molecule has 1 aromatic carbocycles. The van der Waals surface area contributed by atoms with Gasteiger partial charge in [0.25, 0.3) is 0 Å². The second-order valence-electron chi connectivity index (χ2n) is 3.32. The predicted octanol–water partition coefficient (Wildman–Crippen LogP) is 2.40. The lowest BCUT2D eigenvalue weighted by atomic mass is 10.2. The smallest absolute Gasteiger partial charge is 0.144 e. The summed E-state index contributed by atoms with van der Waals surface area (Å²) in [5.41, 5.74) is 2.13. The molecule has 2 heterocycles. The zero-order chi connectivity index (χ0) is 10.1. The first kappa shape index (κ1) is 8.17. The van der Waals surface area contributed by atoms with Gasteiger partial charge in [-0.05, 0) is 0 Å². The molecule has 0 spiro atoms. The molecule has 0 saturated carbocycles. The zero-order valence-electron chi connectivity index (χ0n) is 8.04. The molecule has 3 rings (SSSR count). The van der Waals surface area contributed by atoms with Crippen molar-refractivity contribution in [2.24, 2.45) is 0 Å². The molecule has 3 nitrogen and oxygen atoms in total. The second kappa shape index (κ2) is 3.20. The quantitative estimate of drug-likeness (QED) is 0.596. The minimum atomic E-state index is 0.952.